The number of carbonyl (C=O) groups excluding carboxylic acids is 1. The Kier molecular flexibility index (Phi) is 11.1. The summed E-state index contributed by atoms with van der Waals surface area (Å²) in [5, 5.41) is 28.2. The van der Waals surface area contributed by atoms with Crippen molar-refractivity contribution in [3.63, 3.8) is 0 Å². The van der Waals surface area contributed by atoms with Crippen LogP contribution in [0.25, 0.3) is 0 Å². The van der Waals surface area contributed by atoms with Crippen molar-refractivity contribution in [3.05, 3.63) is 0 Å². The predicted octanol–water partition coefficient (Wildman–Crippen LogP) is -2.54. The van der Waals surface area contributed by atoms with Crippen LogP contribution in [-0.4, -0.2) is 110 Å². The first-order chi connectivity index (χ1) is 15.3. The number of ketones is 1. The van der Waals surface area contributed by atoms with E-state index in [1.165, 1.54) is 0 Å². The van der Waals surface area contributed by atoms with Gasteiger partial charge in [-0.1, -0.05) is 0 Å². The van der Waals surface area contributed by atoms with Crippen LogP contribution in [0.4, 0.5) is 0 Å². The average Bonchev–Trinajstić information content (AvgIpc) is 2.78. The molecule has 180 valence electrons. The predicted molar refractivity (Wildman–Crippen MR) is 127 cm³/mol. The number of hydrogen-bond acceptors (Lipinski definition) is 9. The van der Waals surface area contributed by atoms with Crippen molar-refractivity contribution in [2.45, 2.75) is 19.3 Å². The number of carbonyl (C=O) groups is 1. The lowest BCUT2D eigenvalue weighted by Gasteiger charge is -2.55. The largest absolute Gasteiger partial charge is 0.315 e. The van der Waals surface area contributed by atoms with Gasteiger partial charge in [0.1, 0.15) is 5.78 Å². The molecule has 0 atom stereocenters. The molecule has 1 saturated carbocycles. The molecule has 1 aliphatic carbocycles. The van der Waals surface area contributed by atoms with Crippen molar-refractivity contribution < 1.29 is 4.79 Å². The summed E-state index contributed by atoms with van der Waals surface area (Å²) in [6.45, 7) is 14.6. The fraction of sp³-hybridized carbons (Fsp3) is 0.955. The molecule has 2 spiro atoms. The summed E-state index contributed by atoms with van der Waals surface area (Å²) >= 11 is 0. The monoisotopic (exact) mass is 438 g/mol. The van der Waals surface area contributed by atoms with Crippen LogP contribution in [0.5, 0.6) is 0 Å². The van der Waals surface area contributed by atoms with Gasteiger partial charge in [0.05, 0.1) is 10.8 Å². The van der Waals surface area contributed by atoms with Crippen LogP contribution in [0.1, 0.15) is 19.3 Å². The minimum absolute atomic E-state index is 0.296. The van der Waals surface area contributed by atoms with E-state index in [1.807, 2.05) is 0 Å². The molecule has 3 rings (SSSR count). The first kappa shape index (κ1) is 25.0. The van der Waals surface area contributed by atoms with Gasteiger partial charge in [-0.15, -0.1) is 0 Å². The second kappa shape index (κ2) is 13.8. The summed E-state index contributed by atoms with van der Waals surface area (Å²) in [4.78, 5) is 13.8. The van der Waals surface area contributed by atoms with Gasteiger partial charge in [-0.3, -0.25) is 4.79 Å². The Morgan fingerprint density at radius 3 is 1.00 bits per heavy atom. The molecule has 0 amide bonds. The molecular formula is C22H46N8O. The maximum atomic E-state index is 13.8. The van der Waals surface area contributed by atoms with E-state index in [0.717, 1.165) is 124 Å². The van der Waals surface area contributed by atoms with Crippen LogP contribution in [0.15, 0.2) is 0 Å². The molecule has 3 fully saturated rings. The molecule has 9 nitrogen and oxygen atoms in total. The molecule has 0 aromatic heterocycles. The molecule has 31 heavy (non-hydrogen) atoms. The van der Waals surface area contributed by atoms with Gasteiger partial charge in [-0.2, -0.15) is 0 Å². The van der Waals surface area contributed by atoms with Crippen LogP contribution in [0, 0.1) is 10.8 Å². The molecule has 3 aliphatic rings. The molecule has 0 aromatic carbocycles. The third kappa shape index (κ3) is 7.71. The number of rotatable bonds is 0. The third-order valence-electron chi connectivity index (χ3n) is 6.82. The third-order valence-corrected chi connectivity index (χ3v) is 6.82. The average molecular weight is 439 g/mol. The summed E-state index contributed by atoms with van der Waals surface area (Å²) in [5.41, 5.74) is -0.592. The summed E-state index contributed by atoms with van der Waals surface area (Å²) in [7, 11) is 0. The molecule has 0 radical (unpaired) electrons. The van der Waals surface area contributed by atoms with Gasteiger partial charge >= 0.3 is 0 Å². The normalized spacial score (nSPS) is 28.3. The van der Waals surface area contributed by atoms with Crippen LogP contribution in [0.3, 0.4) is 0 Å². The van der Waals surface area contributed by atoms with Gasteiger partial charge in [0.15, 0.2) is 0 Å². The first-order valence-corrected chi connectivity index (χ1v) is 12.5. The Morgan fingerprint density at radius 2 is 0.710 bits per heavy atom. The number of Topliss-reactive ketones (excluding diaryl/α,β-unsaturated/α-hetero) is 1. The second-order valence-electron chi connectivity index (χ2n) is 9.48. The Balaban J connectivity index is 1.58. The SMILES string of the molecule is O=C1C2(CNCCNCCCNCCNC2)CC12CNCCNCCCNCCNC2. The zero-order valence-electron chi connectivity index (χ0n) is 19.3. The van der Waals surface area contributed by atoms with E-state index in [0.29, 0.717) is 5.78 Å². The summed E-state index contributed by atoms with van der Waals surface area (Å²) in [6.07, 6.45) is 3.23. The highest BCUT2D eigenvalue weighted by Crippen LogP contribution is 2.50. The molecule has 0 unspecified atom stereocenters. The van der Waals surface area contributed by atoms with E-state index >= 15 is 0 Å². The molecule has 2 aliphatic heterocycles. The van der Waals surface area contributed by atoms with Gasteiger partial charge in [-0.25, -0.2) is 0 Å². The lowest BCUT2D eigenvalue weighted by Crippen LogP contribution is -2.70. The maximum Gasteiger partial charge on any atom is 0.150 e. The maximum absolute atomic E-state index is 13.8. The van der Waals surface area contributed by atoms with Crippen molar-refractivity contribution in [2.75, 3.05) is 105 Å². The van der Waals surface area contributed by atoms with E-state index in [4.69, 9.17) is 0 Å². The number of hydrogen-bond donors (Lipinski definition) is 8. The summed E-state index contributed by atoms with van der Waals surface area (Å²) < 4.78 is 0. The van der Waals surface area contributed by atoms with Gasteiger partial charge in [0.2, 0.25) is 0 Å². The van der Waals surface area contributed by atoms with Crippen molar-refractivity contribution in [1.82, 2.24) is 42.5 Å². The Bertz CT molecular complexity index is 448. The van der Waals surface area contributed by atoms with Crippen molar-refractivity contribution in [2.24, 2.45) is 10.8 Å². The van der Waals surface area contributed by atoms with Gasteiger partial charge in [-0.05, 0) is 45.4 Å². The molecule has 9 heteroatoms. The van der Waals surface area contributed by atoms with E-state index in [9.17, 15) is 4.79 Å². The highest BCUT2D eigenvalue weighted by Gasteiger charge is 2.61. The Hall–Kier alpha value is -0.650. The van der Waals surface area contributed by atoms with Crippen LogP contribution in [0.2, 0.25) is 0 Å². The topological polar surface area (TPSA) is 113 Å². The van der Waals surface area contributed by atoms with Crippen LogP contribution >= 0.6 is 0 Å². The molecule has 2 saturated heterocycles. The van der Waals surface area contributed by atoms with Crippen molar-refractivity contribution in [3.8, 4) is 0 Å². The van der Waals surface area contributed by atoms with E-state index < -0.39 is 0 Å². The van der Waals surface area contributed by atoms with Crippen LogP contribution < -0.4 is 42.5 Å². The van der Waals surface area contributed by atoms with Gasteiger partial charge in [0, 0.05) is 78.5 Å². The zero-order valence-corrected chi connectivity index (χ0v) is 19.3. The summed E-state index contributed by atoms with van der Waals surface area (Å²) in [6, 6.07) is 0. The molecule has 0 aromatic rings. The Labute approximate surface area is 188 Å². The molecular weight excluding hydrogens is 392 g/mol. The minimum Gasteiger partial charge on any atom is -0.315 e. The Morgan fingerprint density at radius 1 is 0.419 bits per heavy atom. The molecule has 2 heterocycles. The zero-order chi connectivity index (χ0) is 21.7. The molecule has 8 N–H and O–H groups in total. The fourth-order valence-electron chi connectivity index (χ4n) is 5.15. The highest BCUT2D eigenvalue weighted by atomic mass is 16.1. The second-order valence-corrected chi connectivity index (χ2v) is 9.48. The lowest BCUT2D eigenvalue weighted by atomic mass is 9.51. The first-order valence-electron chi connectivity index (χ1n) is 12.5. The van der Waals surface area contributed by atoms with Crippen LogP contribution in [-0.2, 0) is 4.79 Å². The van der Waals surface area contributed by atoms with Crippen molar-refractivity contribution >= 4 is 5.78 Å². The van der Waals surface area contributed by atoms with Crippen molar-refractivity contribution in [1.29, 1.82) is 0 Å². The quantitative estimate of drug-likeness (QED) is 0.207. The smallest absolute Gasteiger partial charge is 0.150 e. The van der Waals surface area contributed by atoms with E-state index in [-0.39, 0.29) is 10.8 Å². The molecule has 0 bridgehead atoms. The number of nitrogens with one attached hydrogen (secondary N) is 8. The fourth-order valence-corrected chi connectivity index (χ4v) is 5.15. The minimum atomic E-state index is -0.296. The van der Waals surface area contributed by atoms with Gasteiger partial charge in [0.25, 0.3) is 0 Å². The van der Waals surface area contributed by atoms with Gasteiger partial charge < -0.3 is 42.5 Å². The lowest BCUT2D eigenvalue weighted by molar-refractivity contribution is -0.157. The summed E-state index contributed by atoms with van der Waals surface area (Å²) in [5.74, 6) is 0.418. The standard InChI is InChI=1S/C22H46N8O/c31-20-21(16-27-11-7-23-3-1-4-24-8-12-28-17-21)15-22(20)18-29-13-9-25-5-2-6-26-10-14-30-19-22/h23-30H,1-19H2. The highest BCUT2D eigenvalue weighted by molar-refractivity contribution is 5.97. The van der Waals surface area contributed by atoms with E-state index in [1.54, 1.807) is 0 Å². The van der Waals surface area contributed by atoms with E-state index in [2.05, 4.69) is 42.5 Å².